The number of hydrogen-bond donors (Lipinski definition) is 1. The Kier molecular flexibility index (Phi) is 4.90. The van der Waals surface area contributed by atoms with Crippen LogP contribution in [-0.4, -0.2) is 35.4 Å². The standard InChI is InChI=1S/C19H19NO4S/c1-3-9-20-16(14-8-5-10-25-14)15(18(22)19(20)23)17(21)12-6-4-7-13(11-12)24-2/h4-8,10-11,16,21H,3,9H2,1-2H3/b17-15-. The van der Waals surface area contributed by atoms with E-state index in [1.54, 1.807) is 29.2 Å². The number of amides is 1. The predicted molar refractivity (Wildman–Crippen MR) is 96.6 cm³/mol. The van der Waals surface area contributed by atoms with Gasteiger partial charge in [0.1, 0.15) is 11.5 Å². The second-order valence-corrected chi connectivity index (χ2v) is 6.72. The normalized spacial score (nSPS) is 19.4. The highest BCUT2D eigenvalue weighted by Crippen LogP contribution is 2.41. The summed E-state index contributed by atoms with van der Waals surface area (Å²) in [6.45, 7) is 2.41. The van der Waals surface area contributed by atoms with E-state index in [-0.39, 0.29) is 11.3 Å². The second-order valence-electron chi connectivity index (χ2n) is 5.74. The quantitative estimate of drug-likeness (QED) is 0.504. The van der Waals surface area contributed by atoms with Crippen LogP contribution in [0.25, 0.3) is 5.76 Å². The molecule has 1 aromatic heterocycles. The molecule has 130 valence electrons. The Morgan fingerprint density at radius 2 is 2.08 bits per heavy atom. The molecule has 1 N–H and O–H groups in total. The number of ketones is 1. The van der Waals surface area contributed by atoms with Crippen molar-refractivity contribution in [2.24, 2.45) is 0 Å². The zero-order valence-corrected chi connectivity index (χ0v) is 14.9. The molecular formula is C19H19NO4S. The van der Waals surface area contributed by atoms with Crippen molar-refractivity contribution >= 4 is 28.8 Å². The van der Waals surface area contributed by atoms with Gasteiger partial charge in [0.05, 0.1) is 18.7 Å². The Morgan fingerprint density at radius 3 is 2.72 bits per heavy atom. The van der Waals surface area contributed by atoms with Crippen molar-refractivity contribution in [2.75, 3.05) is 13.7 Å². The fraction of sp³-hybridized carbons (Fsp3) is 0.263. The van der Waals surface area contributed by atoms with E-state index < -0.39 is 17.7 Å². The maximum Gasteiger partial charge on any atom is 0.295 e. The number of likely N-dealkylation sites (tertiary alicyclic amines) is 1. The number of benzene rings is 1. The van der Waals surface area contributed by atoms with Gasteiger partial charge in [-0.25, -0.2) is 0 Å². The molecule has 2 heterocycles. The average molecular weight is 357 g/mol. The van der Waals surface area contributed by atoms with Crippen molar-refractivity contribution in [2.45, 2.75) is 19.4 Å². The van der Waals surface area contributed by atoms with Crippen molar-refractivity contribution in [1.29, 1.82) is 0 Å². The van der Waals surface area contributed by atoms with Crippen molar-refractivity contribution in [3.63, 3.8) is 0 Å². The molecule has 3 rings (SSSR count). The third kappa shape index (κ3) is 3.05. The highest BCUT2D eigenvalue weighted by atomic mass is 32.1. The minimum absolute atomic E-state index is 0.133. The lowest BCUT2D eigenvalue weighted by Crippen LogP contribution is -2.30. The lowest BCUT2D eigenvalue weighted by atomic mass is 9.99. The van der Waals surface area contributed by atoms with Crippen LogP contribution < -0.4 is 4.74 Å². The molecule has 1 aliphatic rings. The van der Waals surface area contributed by atoms with Gasteiger partial charge >= 0.3 is 0 Å². The number of Topliss-reactive ketones (excluding diaryl/α,β-unsaturated/α-hetero) is 1. The molecular weight excluding hydrogens is 338 g/mol. The third-order valence-electron chi connectivity index (χ3n) is 4.16. The highest BCUT2D eigenvalue weighted by molar-refractivity contribution is 7.10. The van der Waals surface area contributed by atoms with Crippen molar-refractivity contribution in [3.8, 4) is 5.75 Å². The minimum Gasteiger partial charge on any atom is -0.507 e. The first-order chi connectivity index (χ1) is 12.1. The second kappa shape index (κ2) is 7.11. The highest BCUT2D eigenvalue weighted by Gasteiger charge is 2.46. The first kappa shape index (κ1) is 17.2. The third-order valence-corrected chi connectivity index (χ3v) is 5.09. The Hall–Kier alpha value is -2.60. The summed E-state index contributed by atoms with van der Waals surface area (Å²) >= 11 is 1.46. The van der Waals surface area contributed by atoms with E-state index in [2.05, 4.69) is 0 Å². The summed E-state index contributed by atoms with van der Waals surface area (Å²) in [6, 6.07) is 10.0. The molecule has 1 atom stereocenters. The fourth-order valence-corrected chi connectivity index (χ4v) is 3.87. The lowest BCUT2D eigenvalue weighted by Gasteiger charge is -2.23. The maximum atomic E-state index is 12.6. The van der Waals surface area contributed by atoms with Gasteiger partial charge in [-0.15, -0.1) is 11.3 Å². The van der Waals surface area contributed by atoms with E-state index in [9.17, 15) is 14.7 Å². The van der Waals surface area contributed by atoms with Crippen LogP contribution in [0.5, 0.6) is 5.75 Å². The van der Waals surface area contributed by atoms with Gasteiger partial charge in [0.15, 0.2) is 0 Å². The largest absolute Gasteiger partial charge is 0.507 e. The monoisotopic (exact) mass is 357 g/mol. The number of rotatable bonds is 5. The zero-order chi connectivity index (χ0) is 18.0. The Balaban J connectivity index is 2.16. The molecule has 1 saturated heterocycles. The lowest BCUT2D eigenvalue weighted by molar-refractivity contribution is -0.139. The molecule has 6 heteroatoms. The van der Waals surface area contributed by atoms with E-state index in [0.717, 1.165) is 11.3 Å². The summed E-state index contributed by atoms with van der Waals surface area (Å²) in [5.41, 5.74) is 0.588. The summed E-state index contributed by atoms with van der Waals surface area (Å²) in [5, 5.41) is 12.7. The van der Waals surface area contributed by atoms with Gasteiger partial charge in [-0.2, -0.15) is 0 Å². The summed E-state index contributed by atoms with van der Waals surface area (Å²) in [6.07, 6.45) is 0.730. The van der Waals surface area contributed by atoms with E-state index in [1.807, 2.05) is 24.4 Å². The number of aliphatic hydroxyl groups excluding tert-OH is 1. The van der Waals surface area contributed by atoms with Gasteiger partial charge in [0.2, 0.25) is 0 Å². The first-order valence-electron chi connectivity index (χ1n) is 8.04. The van der Waals surface area contributed by atoms with Gasteiger partial charge in [0, 0.05) is 17.0 Å². The van der Waals surface area contributed by atoms with Crippen molar-refractivity contribution < 1.29 is 19.4 Å². The van der Waals surface area contributed by atoms with Crippen LogP contribution in [0, 0.1) is 0 Å². The smallest absolute Gasteiger partial charge is 0.295 e. The Bertz CT molecular complexity index is 826. The van der Waals surface area contributed by atoms with Crippen molar-refractivity contribution in [1.82, 2.24) is 4.90 Å². The number of hydrogen-bond acceptors (Lipinski definition) is 5. The van der Waals surface area contributed by atoms with E-state index in [0.29, 0.717) is 17.9 Å². The molecule has 0 aliphatic carbocycles. The molecule has 0 spiro atoms. The van der Waals surface area contributed by atoms with Gasteiger partial charge in [0.25, 0.3) is 11.7 Å². The first-order valence-corrected chi connectivity index (χ1v) is 8.92. The number of aliphatic hydroxyl groups is 1. The topological polar surface area (TPSA) is 66.8 Å². The summed E-state index contributed by atoms with van der Waals surface area (Å²) < 4.78 is 5.18. The van der Waals surface area contributed by atoms with E-state index in [1.165, 1.54) is 18.4 Å². The summed E-state index contributed by atoms with van der Waals surface area (Å²) in [5.74, 6) is -0.814. The Morgan fingerprint density at radius 1 is 1.28 bits per heavy atom. The molecule has 0 radical (unpaired) electrons. The number of carbonyl (C=O) groups is 2. The zero-order valence-electron chi connectivity index (χ0n) is 14.1. The molecule has 1 aliphatic heterocycles. The molecule has 0 saturated carbocycles. The number of nitrogens with zero attached hydrogens (tertiary/aromatic N) is 1. The molecule has 5 nitrogen and oxygen atoms in total. The van der Waals surface area contributed by atoms with E-state index in [4.69, 9.17) is 4.74 Å². The van der Waals surface area contributed by atoms with Gasteiger partial charge in [-0.1, -0.05) is 25.1 Å². The Labute approximate surface area is 150 Å². The van der Waals surface area contributed by atoms with Gasteiger partial charge < -0.3 is 14.7 Å². The molecule has 0 bridgehead atoms. The maximum absolute atomic E-state index is 12.6. The van der Waals surface area contributed by atoms with Crippen molar-refractivity contribution in [3.05, 3.63) is 57.8 Å². The molecule has 25 heavy (non-hydrogen) atoms. The van der Waals surface area contributed by atoms with Crippen LogP contribution >= 0.6 is 11.3 Å². The SMILES string of the molecule is CCCN1C(=O)C(=O)/C(=C(\O)c2cccc(OC)c2)C1c1cccs1. The molecule has 1 unspecified atom stereocenters. The van der Waals surface area contributed by atoms with Crippen LogP contribution in [-0.2, 0) is 9.59 Å². The molecule has 1 amide bonds. The average Bonchev–Trinajstić information content (AvgIpc) is 3.24. The van der Waals surface area contributed by atoms with Gasteiger partial charge in [-0.05, 0) is 30.0 Å². The molecule has 2 aromatic rings. The fourth-order valence-electron chi connectivity index (χ4n) is 3.02. The van der Waals surface area contributed by atoms with Crippen LogP contribution in [0.1, 0.15) is 29.8 Å². The number of thiophene rings is 1. The summed E-state index contributed by atoms with van der Waals surface area (Å²) in [7, 11) is 1.53. The van der Waals surface area contributed by atoms with Crippen LogP contribution in [0.4, 0.5) is 0 Å². The molecule has 1 fully saturated rings. The molecule has 1 aromatic carbocycles. The summed E-state index contributed by atoms with van der Waals surface area (Å²) in [4.78, 5) is 27.5. The van der Waals surface area contributed by atoms with Crippen LogP contribution in [0.15, 0.2) is 47.4 Å². The van der Waals surface area contributed by atoms with E-state index >= 15 is 0 Å². The van der Waals surface area contributed by atoms with Crippen LogP contribution in [0.3, 0.4) is 0 Å². The number of carbonyl (C=O) groups excluding carboxylic acids is 2. The van der Waals surface area contributed by atoms with Gasteiger partial charge in [-0.3, -0.25) is 9.59 Å². The predicted octanol–water partition coefficient (Wildman–Crippen LogP) is 3.59. The minimum atomic E-state index is -0.646. The van der Waals surface area contributed by atoms with Crippen LogP contribution in [0.2, 0.25) is 0 Å². The number of methoxy groups -OCH3 is 1. The number of ether oxygens (including phenoxy) is 1.